The van der Waals surface area contributed by atoms with Crippen molar-refractivity contribution in [2.45, 2.75) is 69.6 Å². The molecule has 0 aliphatic carbocycles. The molecule has 0 bridgehead atoms. The molecule has 2 aromatic carbocycles. The van der Waals surface area contributed by atoms with Gasteiger partial charge in [0.05, 0.1) is 29.9 Å². The maximum absolute atomic E-state index is 13.4. The molecule has 4 rings (SSSR count). The molecule has 2 heterocycles. The van der Waals surface area contributed by atoms with Gasteiger partial charge in [0.2, 0.25) is 11.8 Å². The molecule has 0 aromatic heterocycles. The number of alkyl halides is 6. The van der Waals surface area contributed by atoms with Crippen LogP contribution >= 0.6 is 0 Å². The maximum atomic E-state index is 13.4. The number of nitrogens with zero attached hydrogens (tertiary/aromatic N) is 2. The highest BCUT2D eigenvalue weighted by Gasteiger charge is 2.39. The number of hydrogen-bond acceptors (Lipinski definition) is 4. The van der Waals surface area contributed by atoms with Gasteiger partial charge < -0.3 is 15.0 Å². The van der Waals surface area contributed by atoms with Crippen LogP contribution < -0.4 is 5.32 Å². The van der Waals surface area contributed by atoms with Crippen molar-refractivity contribution in [2.24, 2.45) is 0 Å². The van der Waals surface area contributed by atoms with Crippen molar-refractivity contribution < 1.29 is 40.7 Å². The standard InChI is InChI=1S/C30H35F6N3O3/c1-19(22-14-23(29(31,32)33)16-24(15-22)30(34,35)36)42-27-10-13-39(17-26(27)21-6-4-3-5-7-21)28(41)18-38-11-8-25(9-12-38)37-20(2)40/h3-7,14-16,19,25-27H,8-13,17-18H2,1-2H3,(H,37,40)/t19-,26?,27?/m1/s1. The zero-order chi connectivity index (χ0) is 30.7. The van der Waals surface area contributed by atoms with Crippen molar-refractivity contribution in [3.63, 3.8) is 0 Å². The molecule has 12 heteroatoms. The third-order valence-electron chi connectivity index (χ3n) is 7.94. The minimum Gasteiger partial charge on any atom is -0.370 e. The Balaban J connectivity index is 1.47. The number of likely N-dealkylation sites (tertiary alicyclic amines) is 2. The Morgan fingerprint density at radius 2 is 1.52 bits per heavy atom. The zero-order valence-corrected chi connectivity index (χ0v) is 23.5. The Labute approximate surface area is 241 Å². The largest absolute Gasteiger partial charge is 0.416 e. The molecule has 1 N–H and O–H groups in total. The van der Waals surface area contributed by atoms with Crippen LogP contribution in [0.5, 0.6) is 0 Å². The minimum atomic E-state index is -4.95. The molecule has 2 saturated heterocycles. The second-order valence-corrected chi connectivity index (χ2v) is 11.1. The first-order valence-corrected chi connectivity index (χ1v) is 14.0. The van der Waals surface area contributed by atoms with Gasteiger partial charge in [-0.2, -0.15) is 26.3 Å². The number of carbonyl (C=O) groups excluding carboxylic acids is 2. The molecule has 2 aliphatic heterocycles. The van der Waals surface area contributed by atoms with Crippen LogP contribution in [-0.4, -0.2) is 66.5 Å². The first-order chi connectivity index (χ1) is 19.7. The Bertz CT molecular complexity index is 1200. The van der Waals surface area contributed by atoms with E-state index >= 15 is 0 Å². The van der Waals surface area contributed by atoms with Crippen molar-refractivity contribution in [3.8, 4) is 0 Å². The molecule has 42 heavy (non-hydrogen) atoms. The monoisotopic (exact) mass is 599 g/mol. The van der Waals surface area contributed by atoms with Crippen molar-refractivity contribution in [2.75, 3.05) is 32.7 Å². The molecule has 0 radical (unpaired) electrons. The van der Waals surface area contributed by atoms with E-state index in [2.05, 4.69) is 10.2 Å². The van der Waals surface area contributed by atoms with Crippen LogP contribution in [0.3, 0.4) is 0 Å². The first kappa shape index (κ1) is 31.8. The Kier molecular flexibility index (Phi) is 9.87. The van der Waals surface area contributed by atoms with E-state index in [0.717, 1.165) is 18.4 Å². The lowest BCUT2D eigenvalue weighted by atomic mass is 9.87. The predicted molar refractivity (Wildman–Crippen MR) is 143 cm³/mol. The van der Waals surface area contributed by atoms with Gasteiger partial charge in [-0.05, 0) is 55.5 Å². The van der Waals surface area contributed by atoms with Gasteiger partial charge in [-0.15, -0.1) is 0 Å². The molecular formula is C30H35F6N3O3. The van der Waals surface area contributed by atoms with E-state index in [0.29, 0.717) is 44.7 Å². The molecule has 0 spiro atoms. The van der Waals surface area contributed by atoms with E-state index in [4.69, 9.17) is 4.74 Å². The van der Waals surface area contributed by atoms with E-state index in [1.165, 1.54) is 13.8 Å². The highest BCUT2D eigenvalue weighted by molar-refractivity contribution is 5.78. The fraction of sp³-hybridized carbons (Fsp3) is 0.533. The summed E-state index contributed by atoms with van der Waals surface area (Å²) in [5.41, 5.74) is -2.12. The average Bonchev–Trinajstić information content (AvgIpc) is 2.93. The van der Waals surface area contributed by atoms with Crippen molar-refractivity contribution in [1.82, 2.24) is 15.1 Å². The van der Waals surface area contributed by atoms with Crippen LogP contribution in [-0.2, 0) is 26.7 Å². The number of halogens is 6. The number of hydrogen-bond donors (Lipinski definition) is 1. The van der Waals surface area contributed by atoms with E-state index in [-0.39, 0.29) is 41.9 Å². The van der Waals surface area contributed by atoms with E-state index < -0.39 is 35.7 Å². The lowest BCUT2D eigenvalue weighted by molar-refractivity contribution is -0.143. The van der Waals surface area contributed by atoms with Gasteiger partial charge >= 0.3 is 12.4 Å². The first-order valence-electron chi connectivity index (χ1n) is 14.0. The van der Waals surface area contributed by atoms with Crippen molar-refractivity contribution in [1.29, 1.82) is 0 Å². The summed E-state index contributed by atoms with van der Waals surface area (Å²) in [6.45, 7) is 5.14. The fourth-order valence-electron chi connectivity index (χ4n) is 5.71. The molecular weight excluding hydrogens is 564 g/mol. The highest BCUT2D eigenvalue weighted by Crippen LogP contribution is 2.39. The van der Waals surface area contributed by atoms with Gasteiger partial charge in [-0.1, -0.05) is 30.3 Å². The van der Waals surface area contributed by atoms with E-state index in [1.54, 1.807) is 4.90 Å². The van der Waals surface area contributed by atoms with Gasteiger partial charge in [0.1, 0.15) is 0 Å². The summed E-state index contributed by atoms with van der Waals surface area (Å²) >= 11 is 0. The topological polar surface area (TPSA) is 61.9 Å². The van der Waals surface area contributed by atoms with Crippen LogP contribution in [0.2, 0.25) is 0 Å². The maximum Gasteiger partial charge on any atom is 0.416 e. The van der Waals surface area contributed by atoms with Gasteiger partial charge in [0.15, 0.2) is 0 Å². The molecule has 230 valence electrons. The molecule has 3 atom stereocenters. The summed E-state index contributed by atoms with van der Waals surface area (Å²) in [7, 11) is 0. The summed E-state index contributed by atoms with van der Waals surface area (Å²) < 4.78 is 86.8. The van der Waals surface area contributed by atoms with Crippen molar-refractivity contribution >= 4 is 11.8 Å². The molecule has 2 aliphatic rings. The second kappa shape index (κ2) is 13.0. The fourth-order valence-corrected chi connectivity index (χ4v) is 5.71. The third-order valence-corrected chi connectivity index (χ3v) is 7.94. The Morgan fingerprint density at radius 3 is 2.07 bits per heavy atom. The molecule has 2 fully saturated rings. The summed E-state index contributed by atoms with van der Waals surface area (Å²) in [4.78, 5) is 28.4. The summed E-state index contributed by atoms with van der Waals surface area (Å²) in [6.07, 6.45) is -9.63. The lowest BCUT2D eigenvalue weighted by Crippen LogP contribution is -2.51. The van der Waals surface area contributed by atoms with Crippen LogP contribution in [0.25, 0.3) is 0 Å². The number of carbonyl (C=O) groups is 2. The summed E-state index contributed by atoms with van der Waals surface area (Å²) in [5.74, 6) is -0.470. The highest BCUT2D eigenvalue weighted by atomic mass is 19.4. The van der Waals surface area contributed by atoms with Gasteiger partial charge in [-0.3, -0.25) is 14.5 Å². The predicted octanol–water partition coefficient (Wildman–Crippen LogP) is 5.79. The average molecular weight is 600 g/mol. The number of amides is 2. The molecule has 6 nitrogen and oxygen atoms in total. The minimum absolute atomic E-state index is 0.0619. The van der Waals surface area contributed by atoms with Crippen LogP contribution in [0.1, 0.15) is 67.4 Å². The second-order valence-electron chi connectivity index (χ2n) is 11.1. The molecule has 2 aromatic rings. The smallest absolute Gasteiger partial charge is 0.370 e. The number of rotatable bonds is 7. The van der Waals surface area contributed by atoms with Gasteiger partial charge in [-0.25, -0.2) is 0 Å². The SMILES string of the molecule is CC(=O)NC1CCN(CC(=O)N2CCC(O[C@H](C)c3cc(C(F)(F)F)cc(C(F)(F)F)c3)C(c3ccccc3)C2)CC1. The number of ether oxygens (including phenoxy) is 1. The molecule has 0 saturated carbocycles. The Hall–Kier alpha value is -3.12. The van der Waals surface area contributed by atoms with Crippen LogP contribution in [0.4, 0.5) is 26.3 Å². The Morgan fingerprint density at radius 1 is 0.929 bits per heavy atom. The lowest BCUT2D eigenvalue weighted by Gasteiger charge is -2.41. The van der Waals surface area contributed by atoms with Crippen LogP contribution in [0.15, 0.2) is 48.5 Å². The third kappa shape index (κ3) is 8.25. The molecule has 2 unspecified atom stereocenters. The number of benzene rings is 2. The van der Waals surface area contributed by atoms with Gasteiger partial charge in [0.25, 0.3) is 0 Å². The number of nitrogens with one attached hydrogen (secondary N) is 1. The number of piperidine rings is 2. The van der Waals surface area contributed by atoms with Crippen molar-refractivity contribution in [3.05, 3.63) is 70.8 Å². The van der Waals surface area contributed by atoms with Gasteiger partial charge in [0, 0.05) is 45.1 Å². The zero-order valence-electron chi connectivity index (χ0n) is 23.5. The summed E-state index contributed by atoms with van der Waals surface area (Å²) in [6, 6.07) is 10.8. The van der Waals surface area contributed by atoms with E-state index in [1.807, 2.05) is 30.3 Å². The van der Waals surface area contributed by atoms with Crippen LogP contribution in [0, 0.1) is 0 Å². The molecule has 2 amide bonds. The van der Waals surface area contributed by atoms with E-state index in [9.17, 15) is 35.9 Å². The normalized spacial score (nSPS) is 21.7. The quantitative estimate of drug-likeness (QED) is 0.410. The summed E-state index contributed by atoms with van der Waals surface area (Å²) in [5, 5.41) is 2.91.